The van der Waals surface area contributed by atoms with Crippen molar-refractivity contribution in [2.24, 2.45) is 0 Å². The third-order valence-electron chi connectivity index (χ3n) is 5.39. The van der Waals surface area contributed by atoms with Crippen LogP contribution in [-0.4, -0.2) is 37.0 Å². The summed E-state index contributed by atoms with van der Waals surface area (Å²) >= 11 is 18.4. The van der Waals surface area contributed by atoms with Gasteiger partial charge in [0.2, 0.25) is 0 Å². The van der Waals surface area contributed by atoms with Gasteiger partial charge in [0.15, 0.2) is 0 Å². The van der Waals surface area contributed by atoms with E-state index in [-0.39, 0.29) is 5.91 Å². The number of rotatable bonds is 5. The van der Waals surface area contributed by atoms with E-state index in [1.54, 1.807) is 18.2 Å². The Morgan fingerprint density at radius 3 is 2.26 bits per heavy atom. The molecule has 160 valence electrons. The SMILES string of the molecule is O=C(Nc1ccc(N2CCN(Cc3ccccc3Cl)CC2)cc1)c1cc(Cl)ccc1Cl. The Morgan fingerprint density at radius 2 is 1.55 bits per heavy atom. The van der Waals surface area contributed by atoms with Crippen LogP contribution >= 0.6 is 34.8 Å². The number of nitrogens with one attached hydrogen (secondary N) is 1. The van der Waals surface area contributed by atoms with Gasteiger partial charge in [-0.2, -0.15) is 0 Å². The molecule has 3 aromatic carbocycles. The highest BCUT2D eigenvalue weighted by atomic mass is 35.5. The van der Waals surface area contributed by atoms with Gasteiger partial charge in [0.25, 0.3) is 5.91 Å². The first-order valence-corrected chi connectivity index (χ1v) is 11.2. The molecule has 1 aliphatic heterocycles. The lowest BCUT2D eigenvalue weighted by Crippen LogP contribution is -2.46. The summed E-state index contributed by atoms with van der Waals surface area (Å²) in [7, 11) is 0. The van der Waals surface area contributed by atoms with Gasteiger partial charge in [0.05, 0.1) is 10.6 Å². The lowest BCUT2D eigenvalue weighted by molar-refractivity contribution is 0.102. The van der Waals surface area contributed by atoms with E-state index in [1.165, 1.54) is 0 Å². The third kappa shape index (κ3) is 5.52. The minimum Gasteiger partial charge on any atom is -0.369 e. The van der Waals surface area contributed by atoms with E-state index in [2.05, 4.69) is 21.2 Å². The summed E-state index contributed by atoms with van der Waals surface area (Å²) < 4.78 is 0. The second-order valence-corrected chi connectivity index (χ2v) is 8.73. The van der Waals surface area contributed by atoms with Crippen LogP contribution < -0.4 is 10.2 Å². The molecular weight excluding hydrogens is 453 g/mol. The zero-order valence-electron chi connectivity index (χ0n) is 16.8. The topological polar surface area (TPSA) is 35.6 Å². The molecule has 0 atom stereocenters. The van der Waals surface area contributed by atoms with Crippen molar-refractivity contribution in [3.8, 4) is 0 Å². The molecule has 0 radical (unpaired) electrons. The molecule has 1 N–H and O–H groups in total. The Labute approximate surface area is 197 Å². The zero-order valence-corrected chi connectivity index (χ0v) is 19.1. The molecule has 1 aliphatic rings. The second kappa shape index (κ2) is 9.92. The van der Waals surface area contributed by atoms with Crippen molar-refractivity contribution < 1.29 is 4.79 Å². The first kappa shape index (κ1) is 22.0. The fourth-order valence-electron chi connectivity index (χ4n) is 3.66. The van der Waals surface area contributed by atoms with Crippen LogP contribution in [0.3, 0.4) is 0 Å². The second-order valence-electron chi connectivity index (χ2n) is 7.48. The fraction of sp³-hybridized carbons (Fsp3) is 0.208. The number of benzene rings is 3. The van der Waals surface area contributed by atoms with Crippen LogP contribution in [0.2, 0.25) is 15.1 Å². The molecule has 31 heavy (non-hydrogen) atoms. The molecule has 0 spiro atoms. The highest BCUT2D eigenvalue weighted by Gasteiger charge is 2.18. The minimum atomic E-state index is -0.284. The molecule has 1 heterocycles. The van der Waals surface area contributed by atoms with Gasteiger partial charge in [-0.05, 0) is 54.1 Å². The van der Waals surface area contributed by atoms with Crippen molar-refractivity contribution in [3.05, 3.63) is 92.9 Å². The number of anilines is 2. The van der Waals surface area contributed by atoms with Crippen molar-refractivity contribution in [1.82, 2.24) is 4.90 Å². The Morgan fingerprint density at radius 1 is 0.839 bits per heavy atom. The highest BCUT2D eigenvalue weighted by molar-refractivity contribution is 6.36. The van der Waals surface area contributed by atoms with E-state index in [0.717, 1.165) is 49.0 Å². The molecule has 4 rings (SSSR count). The Bertz CT molecular complexity index is 1060. The lowest BCUT2D eigenvalue weighted by Gasteiger charge is -2.36. The predicted octanol–water partition coefficient (Wildman–Crippen LogP) is 6.22. The molecule has 0 unspecified atom stereocenters. The Balaban J connectivity index is 1.33. The number of halogens is 3. The number of hydrogen-bond donors (Lipinski definition) is 1. The van der Waals surface area contributed by atoms with E-state index in [0.29, 0.717) is 21.3 Å². The number of amides is 1. The van der Waals surface area contributed by atoms with Gasteiger partial charge in [0, 0.05) is 54.1 Å². The summed E-state index contributed by atoms with van der Waals surface area (Å²) in [6.07, 6.45) is 0. The maximum atomic E-state index is 12.5. The molecule has 0 aliphatic carbocycles. The van der Waals surface area contributed by atoms with E-state index >= 15 is 0 Å². The van der Waals surface area contributed by atoms with Crippen LogP contribution in [0.15, 0.2) is 66.7 Å². The summed E-state index contributed by atoms with van der Waals surface area (Å²) in [5.41, 5.74) is 3.36. The molecule has 1 fully saturated rings. The van der Waals surface area contributed by atoms with Crippen LogP contribution in [0.5, 0.6) is 0 Å². The predicted molar refractivity (Wildman–Crippen MR) is 130 cm³/mol. The molecule has 4 nitrogen and oxygen atoms in total. The summed E-state index contributed by atoms with van der Waals surface area (Å²) in [6.45, 7) is 4.68. The maximum absolute atomic E-state index is 12.5. The van der Waals surface area contributed by atoms with Crippen molar-refractivity contribution in [1.29, 1.82) is 0 Å². The van der Waals surface area contributed by atoms with Gasteiger partial charge in [-0.1, -0.05) is 53.0 Å². The van der Waals surface area contributed by atoms with E-state index in [9.17, 15) is 4.79 Å². The van der Waals surface area contributed by atoms with Gasteiger partial charge >= 0.3 is 0 Å². The number of carbonyl (C=O) groups excluding carboxylic acids is 1. The first-order valence-electron chi connectivity index (χ1n) is 10.1. The quantitative estimate of drug-likeness (QED) is 0.477. The van der Waals surface area contributed by atoms with Crippen molar-refractivity contribution in [2.45, 2.75) is 6.54 Å². The smallest absolute Gasteiger partial charge is 0.257 e. The Hall–Kier alpha value is -2.24. The van der Waals surface area contributed by atoms with Gasteiger partial charge in [0.1, 0.15) is 0 Å². The van der Waals surface area contributed by atoms with Gasteiger partial charge in [-0.15, -0.1) is 0 Å². The van der Waals surface area contributed by atoms with E-state index in [4.69, 9.17) is 34.8 Å². The van der Waals surface area contributed by atoms with Crippen molar-refractivity contribution in [3.63, 3.8) is 0 Å². The normalized spacial score (nSPS) is 14.5. The molecule has 0 aromatic heterocycles. The van der Waals surface area contributed by atoms with Gasteiger partial charge < -0.3 is 10.2 Å². The molecule has 3 aromatic rings. The molecule has 0 saturated carbocycles. The molecule has 1 amide bonds. The minimum absolute atomic E-state index is 0.284. The summed E-state index contributed by atoms with van der Waals surface area (Å²) in [5, 5.41) is 4.54. The average Bonchev–Trinajstić information content (AvgIpc) is 2.78. The van der Waals surface area contributed by atoms with E-state index in [1.807, 2.05) is 42.5 Å². The van der Waals surface area contributed by atoms with Crippen molar-refractivity contribution >= 4 is 52.1 Å². The monoisotopic (exact) mass is 473 g/mol. The van der Waals surface area contributed by atoms with Gasteiger partial charge in [-0.3, -0.25) is 9.69 Å². The fourth-order valence-corrected chi connectivity index (χ4v) is 4.23. The molecular formula is C24H22Cl3N3O. The third-order valence-corrected chi connectivity index (χ3v) is 6.32. The average molecular weight is 475 g/mol. The largest absolute Gasteiger partial charge is 0.369 e. The van der Waals surface area contributed by atoms with Gasteiger partial charge in [-0.25, -0.2) is 0 Å². The number of nitrogens with zero attached hydrogens (tertiary/aromatic N) is 2. The van der Waals surface area contributed by atoms with Crippen LogP contribution in [0.4, 0.5) is 11.4 Å². The zero-order chi connectivity index (χ0) is 21.8. The number of piperazine rings is 1. The summed E-state index contributed by atoms with van der Waals surface area (Å²) in [6, 6.07) is 20.7. The number of hydrogen-bond acceptors (Lipinski definition) is 3. The van der Waals surface area contributed by atoms with E-state index < -0.39 is 0 Å². The van der Waals surface area contributed by atoms with Crippen LogP contribution in [-0.2, 0) is 6.54 Å². The first-order chi connectivity index (χ1) is 15.0. The summed E-state index contributed by atoms with van der Waals surface area (Å²) in [5.74, 6) is -0.284. The molecule has 0 bridgehead atoms. The highest BCUT2D eigenvalue weighted by Crippen LogP contribution is 2.24. The lowest BCUT2D eigenvalue weighted by atomic mass is 10.1. The standard InChI is InChI=1S/C24H22Cl3N3O/c25-18-5-10-23(27)21(15-18)24(31)28-19-6-8-20(9-7-19)30-13-11-29(12-14-30)16-17-3-1-2-4-22(17)26/h1-10,15H,11-14,16H2,(H,28,31). The Kier molecular flexibility index (Phi) is 7.03. The van der Waals surface area contributed by atoms with Crippen LogP contribution in [0.25, 0.3) is 0 Å². The maximum Gasteiger partial charge on any atom is 0.257 e. The molecule has 1 saturated heterocycles. The van der Waals surface area contributed by atoms with Crippen LogP contribution in [0.1, 0.15) is 15.9 Å². The summed E-state index contributed by atoms with van der Waals surface area (Å²) in [4.78, 5) is 17.3. The number of carbonyl (C=O) groups is 1. The van der Waals surface area contributed by atoms with Crippen LogP contribution in [0, 0.1) is 0 Å². The van der Waals surface area contributed by atoms with Crippen molar-refractivity contribution in [2.75, 3.05) is 36.4 Å². The molecule has 7 heteroatoms.